The van der Waals surface area contributed by atoms with E-state index in [0.717, 1.165) is 11.1 Å². The highest BCUT2D eigenvalue weighted by atomic mass is 35.5. The molecule has 0 aliphatic carbocycles. The van der Waals surface area contributed by atoms with Crippen LogP contribution in [0.3, 0.4) is 0 Å². The van der Waals surface area contributed by atoms with E-state index in [0.29, 0.717) is 28.1 Å². The Labute approximate surface area is 155 Å². The van der Waals surface area contributed by atoms with Crippen molar-refractivity contribution in [2.75, 3.05) is 7.11 Å². The van der Waals surface area contributed by atoms with Gasteiger partial charge in [0.1, 0.15) is 10.1 Å². The lowest BCUT2D eigenvalue weighted by atomic mass is 10.1. The van der Waals surface area contributed by atoms with E-state index in [-0.39, 0.29) is 11.2 Å². The van der Waals surface area contributed by atoms with Crippen molar-refractivity contribution >= 4 is 45.8 Å². The average Bonchev–Trinajstić information content (AvgIpc) is 2.84. The molecule has 0 spiro atoms. The van der Waals surface area contributed by atoms with Crippen LogP contribution in [-0.2, 0) is 17.8 Å². The summed E-state index contributed by atoms with van der Waals surface area (Å²) in [7, 11) is 1.58. The Morgan fingerprint density at radius 2 is 2.21 bits per heavy atom. The molecule has 0 unspecified atom stereocenters. The first-order valence-electron chi connectivity index (χ1n) is 7.32. The van der Waals surface area contributed by atoms with Gasteiger partial charge in [-0.1, -0.05) is 47.7 Å². The smallest absolute Gasteiger partial charge is 0.242 e. The number of thiocarbonyl (C=S) groups is 1. The van der Waals surface area contributed by atoms with Gasteiger partial charge in [0.25, 0.3) is 0 Å². The molecule has 1 aliphatic heterocycles. The molecule has 4 nitrogen and oxygen atoms in total. The molecule has 2 aromatic rings. The third-order valence-corrected chi connectivity index (χ3v) is 5.58. The normalized spacial score (nSPS) is 17.4. The second-order valence-electron chi connectivity index (χ2n) is 5.33. The van der Waals surface area contributed by atoms with Crippen molar-refractivity contribution < 1.29 is 9.53 Å². The first-order chi connectivity index (χ1) is 11.6. The summed E-state index contributed by atoms with van der Waals surface area (Å²) in [4.78, 5) is 18.4. The van der Waals surface area contributed by atoms with E-state index in [1.54, 1.807) is 24.4 Å². The summed E-state index contributed by atoms with van der Waals surface area (Å²) < 4.78 is 5.76. The summed E-state index contributed by atoms with van der Waals surface area (Å²) >= 11 is 13.0. The van der Waals surface area contributed by atoms with Gasteiger partial charge in [0, 0.05) is 12.4 Å². The van der Waals surface area contributed by atoms with Crippen LogP contribution in [0.25, 0.3) is 0 Å². The highest BCUT2D eigenvalue weighted by Gasteiger charge is 2.36. The number of pyridine rings is 1. The number of amides is 1. The Kier molecular flexibility index (Phi) is 5.38. The Balaban J connectivity index is 1.71. The summed E-state index contributed by atoms with van der Waals surface area (Å²) in [6.07, 6.45) is 4.03. The number of halogens is 1. The lowest BCUT2D eigenvalue weighted by Crippen LogP contribution is -2.31. The molecule has 0 radical (unpaired) electrons. The third kappa shape index (κ3) is 3.71. The number of methoxy groups -OCH3 is 1. The number of thioether (sulfide) groups is 1. The molecule has 1 aromatic carbocycles. The Morgan fingerprint density at radius 3 is 2.88 bits per heavy atom. The number of carbonyl (C=O) groups is 1. The fourth-order valence-corrected chi connectivity index (χ4v) is 4.31. The van der Waals surface area contributed by atoms with E-state index in [2.05, 4.69) is 4.98 Å². The summed E-state index contributed by atoms with van der Waals surface area (Å²) in [5.74, 6) is 0.653. The first-order valence-corrected chi connectivity index (χ1v) is 8.98. The quantitative estimate of drug-likeness (QED) is 0.742. The molecule has 24 heavy (non-hydrogen) atoms. The highest BCUT2D eigenvalue weighted by Crippen LogP contribution is 2.33. The molecule has 1 saturated heterocycles. The largest absolute Gasteiger partial charge is 0.495 e. The summed E-state index contributed by atoms with van der Waals surface area (Å²) in [5, 5.41) is 0.318. The van der Waals surface area contributed by atoms with Crippen LogP contribution in [0.4, 0.5) is 0 Å². The zero-order valence-corrected chi connectivity index (χ0v) is 15.3. The lowest BCUT2D eigenvalue weighted by molar-refractivity contribution is -0.126. The van der Waals surface area contributed by atoms with Gasteiger partial charge in [-0.3, -0.25) is 14.7 Å². The third-order valence-electron chi connectivity index (χ3n) is 3.71. The number of nitrogens with zero attached hydrogens (tertiary/aromatic N) is 2. The lowest BCUT2D eigenvalue weighted by Gasteiger charge is -2.15. The molecule has 7 heteroatoms. The van der Waals surface area contributed by atoms with Gasteiger partial charge in [-0.25, -0.2) is 0 Å². The highest BCUT2D eigenvalue weighted by molar-refractivity contribution is 8.24. The van der Waals surface area contributed by atoms with Crippen LogP contribution in [0, 0.1) is 0 Å². The van der Waals surface area contributed by atoms with Gasteiger partial charge >= 0.3 is 0 Å². The number of ether oxygens (including phenoxy) is 1. The maximum atomic E-state index is 12.7. The molecule has 1 aliphatic rings. The SMILES string of the molecule is COc1ccc(C[C@H]2SC(=S)N(Cc3cccnc3)C2=O)cc1Cl. The van der Waals surface area contributed by atoms with E-state index in [1.165, 1.54) is 11.8 Å². The first kappa shape index (κ1) is 17.2. The van der Waals surface area contributed by atoms with Crippen molar-refractivity contribution in [2.45, 2.75) is 18.2 Å². The Hall–Kier alpha value is -1.63. The molecule has 3 rings (SSSR count). The van der Waals surface area contributed by atoms with E-state index in [4.69, 9.17) is 28.6 Å². The van der Waals surface area contributed by atoms with Crippen LogP contribution in [0.15, 0.2) is 42.7 Å². The predicted molar refractivity (Wildman–Crippen MR) is 100 cm³/mol. The van der Waals surface area contributed by atoms with E-state index in [9.17, 15) is 4.79 Å². The molecule has 1 amide bonds. The summed E-state index contributed by atoms with van der Waals surface area (Å²) in [6, 6.07) is 9.35. The van der Waals surface area contributed by atoms with Crippen LogP contribution < -0.4 is 4.74 Å². The topological polar surface area (TPSA) is 42.4 Å². The minimum Gasteiger partial charge on any atom is -0.495 e. The van der Waals surface area contributed by atoms with Gasteiger partial charge in [0.05, 0.1) is 23.9 Å². The molecule has 0 bridgehead atoms. The standard InChI is InChI=1S/C17H15ClN2O2S2/c1-22-14-5-4-11(7-13(14)18)8-15-16(21)20(17(23)24-15)10-12-3-2-6-19-9-12/h2-7,9,15H,8,10H2,1H3/t15-/m1/s1. The molecule has 124 valence electrons. The minimum atomic E-state index is -0.223. The van der Waals surface area contributed by atoms with Gasteiger partial charge in [0.15, 0.2) is 0 Å². The molecular weight excluding hydrogens is 364 g/mol. The van der Waals surface area contributed by atoms with Crippen molar-refractivity contribution in [1.82, 2.24) is 9.88 Å². The van der Waals surface area contributed by atoms with Crippen molar-refractivity contribution in [1.29, 1.82) is 0 Å². The molecule has 0 saturated carbocycles. The number of carbonyl (C=O) groups excluding carboxylic acids is 1. The zero-order valence-electron chi connectivity index (χ0n) is 12.9. The van der Waals surface area contributed by atoms with Crippen LogP contribution in [0.5, 0.6) is 5.75 Å². The van der Waals surface area contributed by atoms with Gasteiger partial charge < -0.3 is 4.74 Å². The number of hydrogen-bond acceptors (Lipinski definition) is 5. The Morgan fingerprint density at radius 1 is 1.38 bits per heavy atom. The van der Waals surface area contributed by atoms with Crippen LogP contribution in [-0.4, -0.2) is 32.5 Å². The van der Waals surface area contributed by atoms with Gasteiger partial charge in [0.2, 0.25) is 5.91 Å². The molecule has 0 N–H and O–H groups in total. The van der Waals surface area contributed by atoms with Gasteiger partial charge in [-0.2, -0.15) is 0 Å². The number of rotatable bonds is 5. The Bertz CT molecular complexity index is 770. The molecule has 1 fully saturated rings. The maximum Gasteiger partial charge on any atom is 0.242 e. The van der Waals surface area contributed by atoms with Gasteiger partial charge in [-0.05, 0) is 35.7 Å². The van der Waals surface area contributed by atoms with Crippen LogP contribution >= 0.6 is 35.6 Å². The van der Waals surface area contributed by atoms with Crippen LogP contribution in [0.2, 0.25) is 5.02 Å². The van der Waals surface area contributed by atoms with Crippen molar-refractivity contribution in [3.63, 3.8) is 0 Å². The number of hydrogen-bond donors (Lipinski definition) is 0. The second-order valence-corrected chi connectivity index (χ2v) is 7.57. The zero-order chi connectivity index (χ0) is 17.1. The van der Waals surface area contributed by atoms with Crippen molar-refractivity contribution in [2.24, 2.45) is 0 Å². The summed E-state index contributed by atoms with van der Waals surface area (Å²) in [5.41, 5.74) is 1.94. The molecule has 1 atom stereocenters. The molecular formula is C17H15ClN2O2S2. The fourth-order valence-electron chi connectivity index (χ4n) is 2.50. The van der Waals surface area contributed by atoms with Gasteiger partial charge in [-0.15, -0.1) is 0 Å². The van der Waals surface area contributed by atoms with Crippen LogP contribution in [0.1, 0.15) is 11.1 Å². The monoisotopic (exact) mass is 378 g/mol. The summed E-state index contributed by atoms with van der Waals surface area (Å²) in [6.45, 7) is 0.457. The second kappa shape index (κ2) is 7.51. The number of aromatic nitrogens is 1. The molecule has 2 heterocycles. The van der Waals surface area contributed by atoms with Crippen molar-refractivity contribution in [3.8, 4) is 5.75 Å². The van der Waals surface area contributed by atoms with E-state index in [1.807, 2.05) is 30.3 Å². The molecule has 1 aromatic heterocycles. The number of benzene rings is 1. The average molecular weight is 379 g/mol. The maximum absolute atomic E-state index is 12.7. The van der Waals surface area contributed by atoms with Crippen molar-refractivity contribution in [3.05, 3.63) is 58.9 Å². The minimum absolute atomic E-state index is 0.0285. The van der Waals surface area contributed by atoms with E-state index >= 15 is 0 Å². The predicted octanol–water partition coefficient (Wildman–Crippen LogP) is 3.72. The fraction of sp³-hybridized carbons (Fsp3) is 0.235. The van der Waals surface area contributed by atoms with E-state index < -0.39 is 0 Å².